The van der Waals surface area contributed by atoms with Crippen LogP contribution in [-0.4, -0.2) is 14.3 Å². The van der Waals surface area contributed by atoms with Crippen molar-refractivity contribution in [1.29, 1.82) is 0 Å². The van der Waals surface area contributed by atoms with Gasteiger partial charge in [0.2, 0.25) is 9.84 Å². The van der Waals surface area contributed by atoms with Gasteiger partial charge in [0.05, 0.1) is 4.90 Å². The lowest BCUT2D eigenvalue weighted by atomic mass is 10.1. The van der Waals surface area contributed by atoms with Crippen molar-refractivity contribution in [2.24, 2.45) is 0 Å². The maximum atomic E-state index is 12.8. The topological polar surface area (TPSA) is 93.4 Å². The van der Waals surface area contributed by atoms with E-state index in [1.54, 1.807) is 18.2 Å². The van der Waals surface area contributed by atoms with E-state index in [0.29, 0.717) is 17.5 Å². The molecule has 0 aliphatic rings. The normalized spacial score (nSPS) is 11.3. The number of carbonyl (C=O) groups is 1. The molecule has 0 spiro atoms. The van der Waals surface area contributed by atoms with Crippen LogP contribution in [0.4, 0.5) is 0 Å². The lowest BCUT2D eigenvalue weighted by molar-refractivity contribution is 0.0951. The number of fused-ring (bicyclic) bond motifs is 1. The quantitative estimate of drug-likeness (QED) is 0.499. The fraction of sp³-hybridized carbons (Fsp3) is 0.0435. The first-order valence-corrected chi connectivity index (χ1v) is 10.6. The number of amides is 1. The molecule has 1 heterocycles. The summed E-state index contributed by atoms with van der Waals surface area (Å²) in [5.74, 6) is -0.320. The summed E-state index contributed by atoms with van der Waals surface area (Å²) in [5, 5.41) is 3.16. The Bertz CT molecular complexity index is 1380. The van der Waals surface area contributed by atoms with Crippen molar-refractivity contribution in [3.05, 3.63) is 106 Å². The van der Waals surface area contributed by atoms with Gasteiger partial charge in [-0.2, -0.15) is 0 Å². The van der Waals surface area contributed by atoms with E-state index in [0.717, 1.165) is 5.56 Å². The van der Waals surface area contributed by atoms with E-state index in [1.165, 1.54) is 36.4 Å². The van der Waals surface area contributed by atoms with Crippen LogP contribution in [0.1, 0.15) is 15.9 Å². The molecule has 0 bridgehead atoms. The number of rotatable bonds is 5. The van der Waals surface area contributed by atoms with Crippen LogP contribution in [0.5, 0.6) is 0 Å². The molecule has 3 aromatic carbocycles. The van der Waals surface area contributed by atoms with Crippen LogP contribution in [0.3, 0.4) is 0 Å². The number of hydrogen-bond acceptors (Lipinski definition) is 5. The lowest BCUT2D eigenvalue weighted by Gasteiger charge is -2.07. The smallest absolute Gasteiger partial charge is 0.355 e. The Kier molecular flexibility index (Phi) is 5.20. The second-order valence-corrected chi connectivity index (χ2v) is 8.55. The summed E-state index contributed by atoms with van der Waals surface area (Å²) in [7, 11) is -4.05. The zero-order valence-corrected chi connectivity index (χ0v) is 16.6. The lowest BCUT2D eigenvalue weighted by Crippen LogP contribution is -2.22. The number of sulfone groups is 1. The van der Waals surface area contributed by atoms with Gasteiger partial charge in [-0.1, -0.05) is 48.5 Å². The second kappa shape index (κ2) is 7.96. The maximum absolute atomic E-state index is 12.8. The molecule has 150 valence electrons. The van der Waals surface area contributed by atoms with Crippen molar-refractivity contribution in [2.75, 3.05) is 0 Å². The number of benzene rings is 3. The van der Waals surface area contributed by atoms with Crippen molar-refractivity contribution in [1.82, 2.24) is 5.32 Å². The summed E-state index contributed by atoms with van der Waals surface area (Å²) in [4.78, 5) is 24.3. The van der Waals surface area contributed by atoms with E-state index in [1.807, 2.05) is 30.3 Å². The van der Waals surface area contributed by atoms with Crippen LogP contribution < -0.4 is 10.9 Å². The maximum Gasteiger partial charge on any atom is 0.355 e. The van der Waals surface area contributed by atoms with Crippen LogP contribution in [0.15, 0.2) is 104 Å². The fourth-order valence-electron chi connectivity index (χ4n) is 3.04. The van der Waals surface area contributed by atoms with Gasteiger partial charge >= 0.3 is 5.63 Å². The Balaban J connectivity index is 1.68. The zero-order valence-electron chi connectivity index (χ0n) is 15.7. The third-order valence-electron chi connectivity index (χ3n) is 4.60. The van der Waals surface area contributed by atoms with Crippen molar-refractivity contribution in [2.45, 2.75) is 16.3 Å². The van der Waals surface area contributed by atoms with E-state index in [4.69, 9.17) is 4.42 Å². The number of nitrogens with one attached hydrogen (secondary N) is 1. The second-order valence-electron chi connectivity index (χ2n) is 6.64. The van der Waals surface area contributed by atoms with Gasteiger partial charge in [0.15, 0.2) is 4.90 Å². The molecule has 1 amide bonds. The first-order valence-electron chi connectivity index (χ1n) is 9.15. The molecule has 1 N–H and O–H groups in total. The molecule has 1 aromatic heterocycles. The molecular weight excluding hydrogens is 402 g/mol. The summed E-state index contributed by atoms with van der Waals surface area (Å²) < 4.78 is 30.9. The van der Waals surface area contributed by atoms with Crippen molar-refractivity contribution in [3.8, 4) is 0 Å². The third-order valence-corrected chi connectivity index (χ3v) is 6.36. The summed E-state index contributed by atoms with van der Waals surface area (Å²) in [5.41, 5.74) is 0.531. The molecule has 0 aliphatic heterocycles. The predicted octanol–water partition coefficient (Wildman–Crippen LogP) is 3.56. The van der Waals surface area contributed by atoms with E-state index in [-0.39, 0.29) is 16.4 Å². The highest BCUT2D eigenvalue weighted by Gasteiger charge is 2.23. The van der Waals surface area contributed by atoms with Crippen molar-refractivity contribution < 1.29 is 17.6 Å². The molecule has 4 aromatic rings. The Hall–Kier alpha value is -3.71. The van der Waals surface area contributed by atoms with E-state index in [9.17, 15) is 18.0 Å². The molecule has 6 nitrogen and oxygen atoms in total. The van der Waals surface area contributed by atoms with E-state index < -0.39 is 20.4 Å². The zero-order chi connectivity index (χ0) is 21.1. The molecule has 30 heavy (non-hydrogen) atoms. The molecule has 0 aliphatic carbocycles. The molecule has 0 saturated carbocycles. The molecule has 4 rings (SSSR count). The highest BCUT2D eigenvalue weighted by molar-refractivity contribution is 7.91. The van der Waals surface area contributed by atoms with Crippen LogP contribution in [0, 0.1) is 0 Å². The molecular formula is C23H17NO5S. The fourth-order valence-corrected chi connectivity index (χ4v) is 4.35. The molecule has 0 fully saturated rings. The van der Waals surface area contributed by atoms with E-state index >= 15 is 0 Å². The molecule has 7 heteroatoms. The number of hydrogen-bond donors (Lipinski definition) is 1. The van der Waals surface area contributed by atoms with Crippen LogP contribution in [0.25, 0.3) is 11.0 Å². The first kappa shape index (κ1) is 19.6. The summed E-state index contributed by atoms with van der Waals surface area (Å²) in [6, 6.07) is 22.9. The molecule has 0 saturated heterocycles. The van der Waals surface area contributed by atoms with Gasteiger partial charge in [-0.3, -0.25) is 4.79 Å². The Labute approximate surface area is 172 Å². The Morgan fingerprint density at radius 3 is 2.23 bits per heavy atom. The van der Waals surface area contributed by atoms with Gasteiger partial charge in [0.1, 0.15) is 5.58 Å². The third kappa shape index (κ3) is 3.88. The van der Waals surface area contributed by atoms with Gasteiger partial charge in [-0.15, -0.1) is 0 Å². The minimum absolute atomic E-state index is 0.00610. The molecule has 0 atom stereocenters. The first-order chi connectivity index (χ1) is 14.4. The summed E-state index contributed by atoms with van der Waals surface area (Å²) in [6.45, 7) is 0.356. The van der Waals surface area contributed by atoms with Crippen molar-refractivity contribution in [3.63, 3.8) is 0 Å². The van der Waals surface area contributed by atoms with Gasteiger partial charge < -0.3 is 9.73 Å². The van der Waals surface area contributed by atoms with Gasteiger partial charge in [-0.25, -0.2) is 13.2 Å². The minimum atomic E-state index is -4.05. The van der Waals surface area contributed by atoms with Gasteiger partial charge in [0.25, 0.3) is 5.91 Å². The highest BCUT2D eigenvalue weighted by atomic mass is 32.2. The SMILES string of the molecule is O=C(NCc1ccccc1)c1ccc2oc(=O)c(S(=O)(=O)c3ccccc3)cc2c1. The van der Waals surface area contributed by atoms with Gasteiger partial charge in [0, 0.05) is 17.5 Å². The van der Waals surface area contributed by atoms with E-state index in [2.05, 4.69) is 5.32 Å². The molecule has 0 unspecified atom stereocenters. The Morgan fingerprint density at radius 2 is 1.53 bits per heavy atom. The standard InChI is InChI=1S/C23H17NO5S/c25-22(24-15-16-7-3-1-4-8-16)17-11-12-20-18(13-17)14-21(23(26)29-20)30(27,28)19-9-5-2-6-10-19/h1-14H,15H2,(H,24,25). The minimum Gasteiger partial charge on any atom is -0.422 e. The van der Waals surface area contributed by atoms with Crippen molar-refractivity contribution >= 4 is 26.7 Å². The van der Waals surface area contributed by atoms with Gasteiger partial charge in [-0.05, 0) is 42.0 Å². The molecule has 0 radical (unpaired) electrons. The highest BCUT2D eigenvalue weighted by Crippen LogP contribution is 2.22. The average molecular weight is 419 g/mol. The predicted molar refractivity (Wildman–Crippen MR) is 112 cm³/mol. The summed E-state index contributed by atoms with van der Waals surface area (Å²) in [6.07, 6.45) is 0. The van der Waals surface area contributed by atoms with Crippen LogP contribution >= 0.6 is 0 Å². The monoisotopic (exact) mass is 419 g/mol. The Morgan fingerprint density at radius 1 is 0.867 bits per heavy atom. The summed E-state index contributed by atoms with van der Waals surface area (Å²) >= 11 is 0. The largest absolute Gasteiger partial charge is 0.422 e. The van der Waals surface area contributed by atoms with Crippen LogP contribution in [0.2, 0.25) is 0 Å². The number of carbonyl (C=O) groups excluding carboxylic acids is 1. The average Bonchev–Trinajstić information content (AvgIpc) is 2.78. The van der Waals surface area contributed by atoms with Crippen LogP contribution in [-0.2, 0) is 16.4 Å².